The third-order valence-corrected chi connectivity index (χ3v) is 7.04. The van der Waals surface area contributed by atoms with Crippen LogP contribution >= 0.6 is 23.2 Å². The predicted octanol–water partition coefficient (Wildman–Crippen LogP) is 3.71. The maximum atomic E-state index is 13.6. The molecule has 1 unspecified atom stereocenters. The molecule has 34 heavy (non-hydrogen) atoms. The molecule has 0 aliphatic rings. The smallest absolute Gasteiger partial charge is 0.244 e. The Labute approximate surface area is 210 Å². The molecule has 11 heteroatoms. The maximum absolute atomic E-state index is 13.6. The van der Waals surface area contributed by atoms with Gasteiger partial charge in [-0.2, -0.15) is 0 Å². The summed E-state index contributed by atoms with van der Waals surface area (Å²) in [6, 6.07) is 10.8. The summed E-state index contributed by atoms with van der Waals surface area (Å²) >= 11 is 12.3. The lowest BCUT2D eigenvalue weighted by molar-refractivity contribution is -0.140. The Morgan fingerprint density at radius 2 is 1.79 bits per heavy atom. The summed E-state index contributed by atoms with van der Waals surface area (Å²) in [5.74, 6) is -0.297. The van der Waals surface area contributed by atoms with E-state index in [-0.39, 0.29) is 28.2 Å². The van der Waals surface area contributed by atoms with Gasteiger partial charge in [-0.3, -0.25) is 13.9 Å². The average molecular weight is 530 g/mol. The summed E-state index contributed by atoms with van der Waals surface area (Å²) in [6.07, 6.45) is 1.31. The fraction of sp³-hybridized carbons (Fsp3) is 0.391. The van der Waals surface area contributed by atoms with Gasteiger partial charge in [-0.15, -0.1) is 0 Å². The van der Waals surface area contributed by atoms with Crippen molar-refractivity contribution in [3.63, 3.8) is 0 Å². The Balaban J connectivity index is 2.49. The van der Waals surface area contributed by atoms with Crippen LogP contribution in [0.25, 0.3) is 0 Å². The normalized spacial score (nSPS) is 12.1. The number of ether oxygens (including phenoxy) is 1. The van der Waals surface area contributed by atoms with E-state index >= 15 is 0 Å². The Hall–Kier alpha value is -2.49. The molecule has 0 aliphatic heterocycles. The molecule has 0 saturated heterocycles. The number of benzene rings is 2. The van der Waals surface area contributed by atoms with Crippen LogP contribution < -0.4 is 14.4 Å². The zero-order valence-corrected chi connectivity index (χ0v) is 21.9. The van der Waals surface area contributed by atoms with Crippen molar-refractivity contribution in [2.75, 3.05) is 30.8 Å². The highest BCUT2D eigenvalue weighted by Crippen LogP contribution is 2.33. The van der Waals surface area contributed by atoms with Gasteiger partial charge in [0.1, 0.15) is 18.3 Å². The molecule has 2 rings (SSSR count). The van der Waals surface area contributed by atoms with Crippen LogP contribution in [-0.2, 0) is 26.2 Å². The summed E-state index contributed by atoms with van der Waals surface area (Å²) in [4.78, 5) is 27.7. The number of hydrogen-bond donors (Lipinski definition) is 1. The summed E-state index contributed by atoms with van der Waals surface area (Å²) in [5, 5.41) is 2.91. The summed E-state index contributed by atoms with van der Waals surface area (Å²) in [6.45, 7) is 3.48. The summed E-state index contributed by atoms with van der Waals surface area (Å²) in [5.41, 5.74) is 0.805. The van der Waals surface area contributed by atoms with Gasteiger partial charge < -0.3 is 15.0 Å². The molecule has 1 atom stereocenters. The number of carbonyl (C=O) groups excluding carboxylic acids is 2. The highest BCUT2D eigenvalue weighted by Gasteiger charge is 2.32. The Morgan fingerprint density at radius 3 is 2.38 bits per heavy atom. The van der Waals surface area contributed by atoms with Crippen LogP contribution in [0.3, 0.4) is 0 Å². The molecule has 0 aromatic heterocycles. The van der Waals surface area contributed by atoms with Crippen LogP contribution in [0.4, 0.5) is 5.69 Å². The van der Waals surface area contributed by atoms with Crippen LogP contribution in [0.1, 0.15) is 25.8 Å². The third-order valence-electron chi connectivity index (χ3n) is 5.10. The molecule has 1 N–H and O–H groups in total. The van der Waals surface area contributed by atoms with E-state index in [0.29, 0.717) is 18.7 Å². The zero-order valence-electron chi connectivity index (χ0n) is 19.5. The van der Waals surface area contributed by atoms with Crippen molar-refractivity contribution in [3.8, 4) is 5.75 Å². The molecule has 2 amide bonds. The minimum Gasteiger partial charge on any atom is -0.497 e. The third kappa shape index (κ3) is 7.01. The number of hydrogen-bond acceptors (Lipinski definition) is 5. The average Bonchev–Trinajstić information content (AvgIpc) is 2.79. The zero-order chi connectivity index (χ0) is 25.5. The second-order valence-corrected chi connectivity index (χ2v) is 10.2. The van der Waals surface area contributed by atoms with Gasteiger partial charge in [0.05, 0.1) is 29.1 Å². The van der Waals surface area contributed by atoms with Gasteiger partial charge in [0, 0.05) is 13.1 Å². The molecule has 2 aromatic rings. The second-order valence-electron chi connectivity index (χ2n) is 7.53. The molecule has 8 nitrogen and oxygen atoms in total. The number of nitrogens with one attached hydrogen (secondary N) is 1. The van der Waals surface area contributed by atoms with E-state index in [1.807, 2.05) is 0 Å². The molecule has 0 fully saturated rings. The van der Waals surface area contributed by atoms with Crippen LogP contribution in [0, 0.1) is 0 Å². The number of halogens is 2. The first kappa shape index (κ1) is 27.8. The molecule has 0 saturated carbocycles. The van der Waals surface area contributed by atoms with Gasteiger partial charge >= 0.3 is 0 Å². The Kier molecular flexibility index (Phi) is 10.0. The highest BCUT2D eigenvalue weighted by atomic mass is 35.5. The van der Waals surface area contributed by atoms with E-state index in [9.17, 15) is 18.0 Å². The van der Waals surface area contributed by atoms with Gasteiger partial charge in [0.25, 0.3) is 0 Å². The van der Waals surface area contributed by atoms with E-state index in [4.69, 9.17) is 27.9 Å². The minimum absolute atomic E-state index is 0.0116. The van der Waals surface area contributed by atoms with Crippen molar-refractivity contribution >= 4 is 50.7 Å². The molecule has 0 aliphatic carbocycles. The van der Waals surface area contributed by atoms with Crippen molar-refractivity contribution in [1.82, 2.24) is 10.2 Å². The maximum Gasteiger partial charge on any atom is 0.244 e. The number of anilines is 1. The van der Waals surface area contributed by atoms with Gasteiger partial charge in [-0.05, 0) is 43.2 Å². The van der Waals surface area contributed by atoms with Crippen molar-refractivity contribution in [2.24, 2.45) is 0 Å². The molecule has 2 aromatic carbocycles. The summed E-state index contributed by atoms with van der Waals surface area (Å²) in [7, 11) is -2.38. The molecule has 0 radical (unpaired) electrons. The van der Waals surface area contributed by atoms with Gasteiger partial charge in [-0.1, -0.05) is 48.3 Å². The monoisotopic (exact) mass is 529 g/mol. The summed E-state index contributed by atoms with van der Waals surface area (Å²) < 4.78 is 31.4. The minimum atomic E-state index is -3.91. The number of rotatable bonds is 11. The lowest BCUT2D eigenvalue weighted by Gasteiger charge is -2.33. The highest BCUT2D eigenvalue weighted by molar-refractivity contribution is 7.92. The molecule has 186 valence electrons. The molecule has 0 bridgehead atoms. The van der Waals surface area contributed by atoms with Gasteiger partial charge in [-0.25, -0.2) is 8.42 Å². The quantitative estimate of drug-likeness (QED) is 0.478. The van der Waals surface area contributed by atoms with Gasteiger partial charge in [0.2, 0.25) is 21.8 Å². The number of carbonyl (C=O) groups is 2. The van der Waals surface area contributed by atoms with Crippen molar-refractivity contribution < 1.29 is 22.7 Å². The largest absolute Gasteiger partial charge is 0.497 e. The van der Waals surface area contributed by atoms with E-state index in [0.717, 1.165) is 16.1 Å². The number of amides is 2. The molecular weight excluding hydrogens is 501 g/mol. The van der Waals surface area contributed by atoms with Crippen molar-refractivity contribution in [2.45, 2.75) is 32.9 Å². The van der Waals surface area contributed by atoms with E-state index in [2.05, 4.69) is 5.32 Å². The van der Waals surface area contributed by atoms with Crippen LogP contribution in [0.2, 0.25) is 10.0 Å². The van der Waals surface area contributed by atoms with Gasteiger partial charge in [0.15, 0.2) is 0 Å². The predicted molar refractivity (Wildman–Crippen MR) is 135 cm³/mol. The SMILES string of the molecule is CCNC(=O)C(CC)N(Cc1cccc(OC)c1)C(=O)CN(c1cccc(Cl)c1Cl)S(C)(=O)=O. The number of nitrogens with zero attached hydrogens (tertiary/aromatic N) is 2. The first-order valence-electron chi connectivity index (χ1n) is 10.6. The van der Waals surface area contributed by atoms with Crippen LogP contribution in [0.5, 0.6) is 5.75 Å². The lowest BCUT2D eigenvalue weighted by Crippen LogP contribution is -2.52. The first-order chi connectivity index (χ1) is 16.0. The Morgan fingerprint density at radius 1 is 1.12 bits per heavy atom. The van der Waals surface area contributed by atoms with E-state index < -0.39 is 28.5 Å². The second kappa shape index (κ2) is 12.3. The number of methoxy groups -OCH3 is 1. The lowest BCUT2D eigenvalue weighted by atomic mass is 10.1. The fourth-order valence-electron chi connectivity index (χ4n) is 3.46. The standard InChI is InChI=1S/C23H29Cl2N3O5S/c1-5-19(23(30)26-6-2)27(14-16-9-7-10-17(13-16)33-3)21(29)15-28(34(4,31)32)20-12-8-11-18(24)22(20)25/h7-13,19H,5-6,14-15H2,1-4H3,(H,26,30). The fourth-order valence-corrected chi connectivity index (χ4v) is 4.76. The Bertz CT molecular complexity index is 1130. The topological polar surface area (TPSA) is 96.0 Å². The van der Waals surface area contributed by atoms with Crippen LogP contribution in [-0.4, -0.2) is 57.6 Å². The molecule has 0 heterocycles. The van der Waals surface area contributed by atoms with Crippen LogP contribution in [0.15, 0.2) is 42.5 Å². The van der Waals surface area contributed by atoms with E-state index in [1.54, 1.807) is 44.2 Å². The number of likely N-dealkylation sites (N-methyl/N-ethyl adjacent to an activating group) is 1. The van der Waals surface area contributed by atoms with Crippen molar-refractivity contribution in [1.29, 1.82) is 0 Å². The molecule has 0 spiro atoms. The number of sulfonamides is 1. The van der Waals surface area contributed by atoms with Crippen molar-refractivity contribution in [3.05, 3.63) is 58.1 Å². The molecular formula is C23H29Cl2N3O5S. The first-order valence-corrected chi connectivity index (χ1v) is 13.3. The van der Waals surface area contributed by atoms with E-state index in [1.165, 1.54) is 24.1 Å².